The fourth-order valence-electron chi connectivity index (χ4n) is 2.10. The lowest BCUT2D eigenvalue weighted by molar-refractivity contribution is -0.133. The second-order valence-electron chi connectivity index (χ2n) is 5.47. The van der Waals surface area contributed by atoms with Crippen LogP contribution in [0.15, 0.2) is 54.6 Å². The Morgan fingerprint density at radius 3 is 2.33 bits per heavy atom. The Bertz CT molecular complexity index is 629. The van der Waals surface area contributed by atoms with Gasteiger partial charge in [-0.25, -0.2) is 0 Å². The number of alkyl halides is 1. The topological polar surface area (TPSA) is 38.8 Å². The fourth-order valence-corrected chi connectivity index (χ4v) is 2.15. The minimum Gasteiger partial charge on any atom is -0.494 e. The first-order valence-corrected chi connectivity index (χ1v) is 8.34. The van der Waals surface area contributed by atoms with Crippen LogP contribution in [-0.2, 0) is 4.79 Å². The second kappa shape index (κ2) is 9.18. The van der Waals surface area contributed by atoms with E-state index in [4.69, 9.17) is 21.1 Å². The Labute approximate surface area is 147 Å². The summed E-state index contributed by atoms with van der Waals surface area (Å²) in [5.74, 6) is 0.744. The van der Waals surface area contributed by atoms with E-state index in [9.17, 15) is 4.79 Å². The molecule has 0 spiro atoms. The molecule has 128 valence electrons. The molecule has 2 aromatic rings. The molecule has 2 rings (SSSR count). The maximum Gasteiger partial charge on any atom is 0.329 e. The third kappa shape index (κ3) is 5.78. The van der Waals surface area contributed by atoms with Crippen molar-refractivity contribution in [1.82, 2.24) is 0 Å². The van der Waals surface area contributed by atoms with Crippen LogP contribution in [0, 0.1) is 0 Å². The molecule has 4 nitrogen and oxygen atoms in total. The number of para-hydroxylation sites is 1. The summed E-state index contributed by atoms with van der Waals surface area (Å²) in [7, 11) is 2.07. The van der Waals surface area contributed by atoms with Gasteiger partial charge in [-0.2, -0.15) is 0 Å². The molecule has 0 aliphatic rings. The zero-order chi connectivity index (χ0) is 17.4. The number of anilines is 1. The first-order chi connectivity index (χ1) is 11.6. The molecule has 5 heteroatoms. The summed E-state index contributed by atoms with van der Waals surface area (Å²) in [6.07, 6.45) is 0.909. The van der Waals surface area contributed by atoms with Gasteiger partial charge in [-0.3, -0.25) is 4.79 Å². The van der Waals surface area contributed by atoms with E-state index in [-0.39, 0.29) is 0 Å². The van der Waals surface area contributed by atoms with E-state index >= 15 is 0 Å². The SMILES string of the molecule is CC(Cl)C(=O)Oc1ccc(OCCCN(C)c2ccccc2)cc1. The summed E-state index contributed by atoms with van der Waals surface area (Å²) >= 11 is 5.66. The lowest BCUT2D eigenvalue weighted by Crippen LogP contribution is -2.20. The predicted octanol–water partition coefficient (Wildman–Crippen LogP) is 4.12. The summed E-state index contributed by atoms with van der Waals surface area (Å²) in [4.78, 5) is 13.6. The van der Waals surface area contributed by atoms with Gasteiger partial charge in [-0.05, 0) is 49.7 Å². The lowest BCUT2D eigenvalue weighted by Gasteiger charge is -2.19. The fraction of sp³-hybridized carbons (Fsp3) is 0.316. The van der Waals surface area contributed by atoms with Gasteiger partial charge in [-0.1, -0.05) is 18.2 Å². The number of benzene rings is 2. The van der Waals surface area contributed by atoms with Crippen LogP contribution in [0.2, 0.25) is 0 Å². The van der Waals surface area contributed by atoms with E-state index in [1.165, 1.54) is 5.69 Å². The van der Waals surface area contributed by atoms with Crippen molar-refractivity contribution in [1.29, 1.82) is 0 Å². The molecule has 0 aliphatic carbocycles. The van der Waals surface area contributed by atoms with Crippen molar-refractivity contribution in [3.8, 4) is 11.5 Å². The Kier molecular flexibility index (Phi) is 6.94. The quantitative estimate of drug-likeness (QED) is 0.311. The normalized spacial score (nSPS) is 11.6. The number of carbonyl (C=O) groups is 1. The average Bonchev–Trinajstić information content (AvgIpc) is 2.60. The number of esters is 1. The smallest absolute Gasteiger partial charge is 0.329 e. The van der Waals surface area contributed by atoms with Gasteiger partial charge < -0.3 is 14.4 Å². The summed E-state index contributed by atoms with van der Waals surface area (Å²) in [6.45, 7) is 3.11. The molecule has 0 saturated heterocycles. The summed E-state index contributed by atoms with van der Waals surface area (Å²) in [6, 6.07) is 17.2. The molecular formula is C19H22ClNO3. The van der Waals surface area contributed by atoms with Gasteiger partial charge in [0.15, 0.2) is 0 Å². The molecule has 24 heavy (non-hydrogen) atoms. The molecule has 1 unspecified atom stereocenters. The molecule has 0 fully saturated rings. The van der Waals surface area contributed by atoms with Gasteiger partial charge in [0.1, 0.15) is 16.9 Å². The summed E-state index contributed by atoms with van der Waals surface area (Å²) in [5, 5.41) is -0.664. The van der Waals surface area contributed by atoms with Crippen molar-refractivity contribution in [2.75, 3.05) is 25.1 Å². The minimum atomic E-state index is -0.664. The highest BCUT2D eigenvalue weighted by molar-refractivity contribution is 6.29. The van der Waals surface area contributed by atoms with E-state index in [1.54, 1.807) is 31.2 Å². The van der Waals surface area contributed by atoms with Crippen LogP contribution >= 0.6 is 11.6 Å². The monoisotopic (exact) mass is 347 g/mol. The largest absolute Gasteiger partial charge is 0.494 e. The summed E-state index contributed by atoms with van der Waals surface area (Å²) < 4.78 is 10.8. The van der Waals surface area contributed by atoms with E-state index < -0.39 is 11.3 Å². The number of hydrogen-bond acceptors (Lipinski definition) is 4. The van der Waals surface area contributed by atoms with Crippen LogP contribution in [0.25, 0.3) is 0 Å². The first kappa shape index (κ1) is 18.1. The predicted molar refractivity (Wildman–Crippen MR) is 97.2 cm³/mol. The van der Waals surface area contributed by atoms with Crippen LogP contribution < -0.4 is 14.4 Å². The van der Waals surface area contributed by atoms with Gasteiger partial charge >= 0.3 is 5.97 Å². The number of ether oxygens (including phenoxy) is 2. The van der Waals surface area contributed by atoms with E-state index in [1.807, 2.05) is 18.2 Å². The van der Waals surface area contributed by atoms with E-state index in [0.29, 0.717) is 12.4 Å². The van der Waals surface area contributed by atoms with Crippen molar-refractivity contribution < 1.29 is 14.3 Å². The average molecular weight is 348 g/mol. The molecule has 0 heterocycles. The highest BCUT2D eigenvalue weighted by Gasteiger charge is 2.11. The van der Waals surface area contributed by atoms with Crippen LogP contribution in [0.4, 0.5) is 5.69 Å². The van der Waals surface area contributed by atoms with E-state index in [2.05, 4.69) is 24.1 Å². The van der Waals surface area contributed by atoms with E-state index in [0.717, 1.165) is 18.7 Å². The Morgan fingerprint density at radius 2 is 1.71 bits per heavy atom. The Balaban J connectivity index is 1.72. The zero-order valence-electron chi connectivity index (χ0n) is 13.9. The number of rotatable bonds is 8. The van der Waals surface area contributed by atoms with Gasteiger partial charge in [0.2, 0.25) is 0 Å². The maximum atomic E-state index is 11.4. The van der Waals surface area contributed by atoms with Gasteiger partial charge in [-0.15, -0.1) is 11.6 Å². The number of halogens is 1. The van der Waals surface area contributed by atoms with Gasteiger partial charge in [0.05, 0.1) is 6.61 Å². The minimum absolute atomic E-state index is 0.462. The molecule has 0 radical (unpaired) electrons. The van der Waals surface area contributed by atoms with Crippen molar-refractivity contribution in [3.05, 3.63) is 54.6 Å². The van der Waals surface area contributed by atoms with Crippen molar-refractivity contribution in [2.24, 2.45) is 0 Å². The Hall–Kier alpha value is -2.20. The third-order valence-corrected chi connectivity index (χ3v) is 3.65. The van der Waals surface area contributed by atoms with Crippen molar-refractivity contribution in [3.63, 3.8) is 0 Å². The number of nitrogens with zero attached hydrogens (tertiary/aromatic N) is 1. The third-order valence-electron chi connectivity index (χ3n) is 3.47. The second-order valence-corrected chi connectivity index (χ2v) is 6.12. The molecule has 2 aromatic carbocycles. The highest BCUT2D eigenvalue weighted by Crippen LogP contribution is 2.19. The van der Waals surface area contributed by atoms with Crippen LogP contribution in [0.5, 0.6) is 11.5 Å². The van der Waals surface area contributed by atoms with Gasteiger partial charge in [0.25, 0.3) is 0 Å². The van der Waals surface area contributed by atoms with Crippen molar-refractivity contribution >= 4 is 23.3 Å². The molecule has 0 bridgehead atoms. The molecular weight excluding hydrogens is 326 g/mol. The number of hydrogen-bond donors (Lipinski definition) is 0. The zero-order valence-corrected chi connectivity index (χ0v) is 14.7. The first-order valence-electron chi connectivity index (χ1n) is 7.91. The summed E-state index contributed by atoms with van der Waals surface area (Å²) in [5.41, 5.74) is 1.19. The van der Waals surface area contributed by atoms with Crippen molar-refractivity contribution in [2.45, 2.75) is 18.7 Å². The molecule has 0 N–H and O–H groups in total. The van der Waals surface area contributed by atoms with Crippen LogP contribution in [0.1, 0.15) is 13.3 Å². The highest BCUT2D eigenvalue weighted by atomic mass is 35.5. The molecule has 0 aromatic heterocycles. The maximum absolute atomic E-state index is 11.4. The Morgan fingerprint density at radius 1 is 1.08 bits per heavy atom. The standard InChI is InChI=1S/C19H22ClNO3/c1-15(20)19(22)24-18-11-9-17(10-12-18)23-14-6-13-21(2)16-7-4-3-5-8-16/h3-5,7-12,15H,6,13-14H2,1-2H3. The molecule has 0 amide bonds. The van der Waals surface area contributed by atoms with Gasteiger partial charge in [0, 0.05) is 19.3 Å². The van der Waals surface area contributed by atoms with Crippen LogP contribution in [-0.4, -0.2) is 31.5 Å². The molecule has 0 saturated carbocycles. The molecule has 1 atom stereocenters. The number of carbonyl (C=O) groups excluding carboxylic acids is 1. The van der Waals surface area contributed by atoms with Crippen LogP contribution in [0.3, 0.4) is 0 Å². The lowest BCUT2D eigenvalue weighted by atomic mass is 10.3. The molecule has 0 aliphatic heterocycles.